The van der Waals surface area contributed by atoms with Crippen molar-refractivity contribution in [2.75, 3.05) is 24.0 Å². The van der Waals surface area contributed by atoms with Crippen molar-refractivity contribution in [1.82, 2.24) is 4.98 Å². The molecule has 0 amide bonds. The monoisotopic (exact) mass is 239 g/mol. The number of rotatable bonds is 6. The minimum absolute atomic E-state index is 0.496. The molecule has 3 nitrogen and oxygen atoms in total. The molecule has 90 valence electrons. The summed E-state index contributed by atoms with van der Waals surface area (Å²) in [7, 11) is 2.11. The number of nitrogens with zero attached hydrogens (tertiary/aromatic N) is 2. The normalized spacial score (nSPS) is 12.5. The van der Waals surface area contributed by atoms with E-state index in [-0.39, 0.29) is 0 Å². The second kappa shape index (κ2) is 6.76. The Hall–Kier alpha value is -0.740. The number of pyridine rings is 1. The Labute approximate surface area is 102 Å². The van der Waals surface area contributed by atoms with Gasteiger partial charge in [0.1, 0.15) is 0 Å². The molecule has 2 N–H and O–H groups in total. The van der Waals surface area contributed by atoms with Crippen molar-refractivity contribution in [3.8, 4) is 0 Å². The van der Waals surface area contributed by atoms with Gasteiger partial charge in [-0.05, 0) is 37.5 Å². The van der Waals surface area contributed by atoms with Crippen molar-refractivity contribution < 1.29 is 0 Å². The van der Waals surface area contributed by atoms with Crippen LogP contribution in [0.25, 0.3) is 0 Å². The molecule has 0 spiro atoms. The lowest BCUT2D eigenvalue weighted by Gasteiger charge is -2.28. The van der Waals surface area contributed by atoms with Crippen LogP contribution >= 0.6 is 11.8 Å². The van der Waals surface area contributed by atoms with E-state index in [2.05, 4.69) is 36.2 Å². The molecule has 0 aromatic carbocycles. The Morgan fingerprint density at radius 2 is 2.31 bits per heavy atom. The van der Waals surface area contributed by atoms with E-state index in [1.807, 2.05) is 17.8 Å². The average Bonchev–Trinajstić information content (AvgIpc) is 2.34. The van der Waals surface area contributed by atoms with Crippen molar-refractivity contribution >= 4 is 17.4 Å². The molecule has 1 aromatic heterocycles. The lowest BCUT2D eigenvalue weighted by atomic mass is 10.2. The number of aromatic nitrogens is 1. The second-order valence-corrected chi connectivity index (χ2v) is 4.90. The zero-order valence-electron chi connectivity index (χ0n) is 10.3. The molecule has 0 radical (unpaired) electrons. The van der Waals surface area contributed by atoms with Gasteiger partial charge in [-0.25, -0.2) is 0 Å². The summed E-state index contributed by atoms with van der Waals surface area (Å²) in [6, 6.07) is 4.57. The van der Waals surface area contributed by atoms with Crippen LogP contribution in [0.5, 0.6) is 0 Å². The van der Waals surface area contributed by atoms with Gasteiger partial charge < -0.3 is 10.6 Å². The van der Waals surface area contributed by atoms with E-state index in [9.17, 15) is 0 Å². The van der Waals surface area contributed by atoms with Crippen LogP contribution in [-0.2, 0) is 6.54 Å². The quantitative estimate of drug-likeness (QED) is 0.825. The maximum atomic E-state index is 5.70. The highest BCUT2D eigenvalue weighted by molar-refractivity contribution is 7.98. The zero-order chi connectivity index (χ0) is 12.0. The smallest absolute Gasteiger partial charge is 0.0772 e. The first-order valence-electron chi connectivity index (χ1n) is 5.56. The SMILES string of the molecule is CSCCC(C)N(C)c1cccnc1CN. The molecule has 0 aliphatic rings. The molecule has 0 fully saturated rings. The fraction of sp³-hybridized carbons (Fsp3) is 0.583. The van der Waals surface area contributed by atoms with Crippen molar-refractivity contribution in [3.63, 3.8) is 0 Å². The Morgan fingerprint density at radius 1 is 1.56 bits per heavy atom. The number of hydrogen-bond donors (Lipinski definition) is 1. The van der Waals surface area contributed by atoms with Crippen molar-refractivity contribution in [1.29, 1.82) is 0 Å². The number of thioether (sulfide) groups is 1. The summed E-state index contributed by atoms with van der Waals surface area (Å²) in [5.41, 5.74) is 7.82. The van der Waals surface area contributed by atoms with Gasteiger partial charge in [0.05, 0.1) is 11.4 Å². The fourth-order valence-corrected chi connectivity index (χ4v) is 2.20. The Morgan fingerprint density at radius 3 is 2.94 bits per heavy atom. The summed E-state index contributed by atoms with van der Waals surface area (Å²) in [6.07, 6.45) is 5.12. The van der Waals surface area contributed by atoms with Gasteiger partial charge >= 0.3 is 0 Å². The van der Waals surface area contributed by atoms with Gasteiger partial charge in [-0.3, -0.25) is 4.98 Å². The molecular formula is C12H21N3S. The summed E-state index contributed by atoms with van der Waals surface area (Å²) in [6.45, 7) is 2.74. The molecule has 1 unspecified atom stereocenters. The van der Waals surface area contributed by atoms with Gasteiger partial charge in [-0.15, -0.1) is 0 Å². The Kier molecular flexibility index (Phi) is 5.63. The molecule has 0 aliphatic carbocycles. The average molecular weight is 239 g/mol. The van der Waals surface area contributed by atoms with Crippen LogP contribution in [0.4, 0.5) is 5.69 Å². The van der Waals surface area contributed by atoms with E-state index in [1.165, 1.54) is 12.2 Å². The highest BCUT2D eigenvalue weighted by Crippen LogP contribution is 2.20. The molecule has 0 bridgehead atoms. The third kappa shape index (κ3) is 3.39. The standard InChI is InChI=1S/C12H21N3S/c1-10(6-8-16-3)15(2)12-5-4-7-14-11(12)9-13/h4-5,7,10H,6,8-9,13H2,1-3H3. The van der Waals surface area contributed by atoms with Crippen LogP contribution in [0, 0.1) is 0 Å². The summed E-state index contributed by atoms with van der Waals surface area (Å²) in [5, 5.41) is 0. The third-order valence-electron chi connectivity index (χ3n) is 2.84. The van der Waals surface area contributed by atoms with Gasteiger partial charge in [0, 0.05) is 25.8 Å². The molecule has 0 saturated carbocycles. The van der Waals surface area contributed by atoms with Crippen LogP contribution in [0.1, 0.15) is 19.0 Å². The lowest BCUT2D eigenvalue weighted by molar-refractivity contribution is 0.664. The molecule has 1 aromatic rings. The topological polar surface area (TPSA) is 42.2 Å². The van der Waals surface area contributed by atoms with Gasteiger partial charge in [0.25, 0.3) is 0 Å². The van der Waals surface area contributed by atoms with Crippen molar-refractivity contribution in [2.45, 2.75) is 25.9 Å². The fourth-order valence-electron chi connectivity index (χ4n) is 1.63. The molecule has 4 heteroatoms. The first kappa shape index (κ1) is 13.3. The van der Waals surface area contributed by atoms with Gasteiger partial charge in [-0.2, -0.15) is 11.8 Å². The summed E-state index contributed by atoms with van der Waals surface area (Å²) in [5.74, 6) is 1.18. The lowest BCUT2D eigenvalue weighted by Crippen LogP contribution is -2.30. The first-order valence-corrected chi connectivity index (χ1v) is 6.95. The minimum atomic E-state index is 0.496. The Balaban J connectivity index is 2.74. The summed E-state index contributed by atoms with van der Waals surface area (Å²) < 4.78 is 0. The predicted octanol–water partition coefficient (Wildman–Crippen LogP) is 2.12. The van der Waals surface area contributed by atoms with E-state index in [0.29, 0.717) is 12.6 Å². The predicted molar refractivity (Wildman–Crippen MR) is 73.0 cm³/mol. The maximum Gasteiger partial charge on any atom is 0.0772 e. The van der Waals surface area contributed by atoms with E-state index in [1.54, 1.807) is 6.20 Å². The second-order valence-electron chi connectivity index (χ2n) is 3.91. The number of hydrogen-bond acceptors (Lipinski definition) is 4. The maximum absolute atomic E-state index is 5.70. The van der Waals surface area contributed by atoms with Crippen LogP contribution in [0.3, 0.4) is 0 Å². The van der Waals surface area contributed by atoms with E-state index >= 15 is 0 Å². The van der Waals surface area contributed by atoms with E-state index < -0.39 is 0 Å². The number of nitrogens with two attached hydrogens (primary N) is 1. The highest BCUT2D eigenvalue weighted by atomic mass is 32.2. The highest BCUT2D eigenvalue weighted by Gasteiger charge is 2.12. The van der Waals surface area contributed by atoms with Crippen LogP contribution in [-0.4, -0.2) is 30.1 Å². The molecule has 0 aliphatic heterocycles. The summed E-state index contributed by atoms with van der Waals surface area (Å²) in [4.78, 5) is 6.58. The minimum Gasteiger partial charge on any atom is -0.370 e. The Bertz CT molecular complexity index is 317. The van der Waals surface area contributed by atoms with E-state index in [0.717, 1.165) is 11.4 Å². The van der Waals surface area contributed by atoms with Gasteiger partial charge in [0.15, 0.2) is 0 Å². The van der Waals surface area contributed by atoms with Gasteiger partial charge in [-0.1, -0.05) is 0 Å². The molecule has 1 rings (SSSR count). The molecule has 16 heavy (non-hydrogen) atoms. The van der Waals surface area contributed by atoms with E-state index in [4.69, 9.17) is 5.73 Å². The first-order chi connectivity index (χ1) is 7.70. The number of anilines is 1. The molecular weight excluding hydrogens is 218 g/mol. The zero-order valence-corrected chi connectivity index (χ0v) is 11.1. The third-order valence-corrected chi connectivity index (χ3v) is 3.48. The van der Waals surface area contributed by atoms with Crippen LogP contribution in [0.2, 0.25) is 0 Å². The van der Waals surface area contributed by atoms with Crippen molar-refractivity contribution in [3.05, 3.63) is 24.0 Å². The summed E-state index contributed by atoms with van der Waals surface area (Å²) >= 11 is 1.89. The molecule has 1 heterocycles. The van der Waals surface area contributed by atoms with Crippen LogP contribution in [0.15, 0.2) is 18.3 Å². The molecule has 0 saturated heterocycles. The molecule has 1 atom stereocenters. The van der Waals surface area contributed by atoms with Crippen LogP contribution < -0.4 is 10.6 Å². The van der Waals surface area contributed by atoms with Crippen molar-refractivity contribution in [2.24, 2.45) is 5.73 Å². The largest absolute Gasteiger partial charge is 0.370 e. The van der Waals surface area contributed by atoms with Gasteiger partial charge in [0.2, 0.25) is 0 Å².